The van der Waals surface area contributed by atoms with Crippen molar-refractivity contribution in [1.82, 2.24) is 15.1 Å². The molecule has 0 bridgehead atoms. The minimum atomic E-state index is 0.203. The third-order valence-corrected chi connectivity index (χ3v) is 6.78. The molecule has 140 valence electrons. The highest BCUT2D eigenvalue weighted by Gasteiger charge is 2.28. The summed E-state index contributed by atoms with van der Waals surface area (Å²) >= 11 is 2.96. The monoisotopic (exact) mass is 390 g/mol. The summed E-state index contributed by atoms with van der Waals surface area (Å²) in [5, 5.41) is 12.4. The highest BCUT2D eigenvalue weighted by atomic mass is 32.2. The van der Waals surface area contributed by atoms with Crippen LogP contribution < -0.4 is 5.32 Å². The van der Waals surface area contributed by atoms with Crippen molar-refractivity contribution < 1.29 is 4.79 Å². The predicted octanol–water partition coefficient (Wildman–Crippen LogP) is 4.73. The maximum atomic E-state index is 12.6. The van der Waals surface area contributed by atoms with Gasteiger partial charge in [-0.05, 0) is 57.2 Å². The highest BCUT2D eigenvalue weighted by molar-refractivity contribution is 8.01. The number of anilines is 2. The van der Waals surface area contributed by atoms with Gasteiger partial charge in [0, 0.05) is 17.8 Å². The van der Waals surface area contributed by atoms with Crippen LogP contribution in [0.1, 0.15) is 45.6 Å². The Labute approximate surface area is 163 Å². The number of carbonyl (C=O) groups is 1. The summed E-state index contributed by atoms with van der Waals surface area (Å²) in [6.07, 6.45) is 4.45. The molecule has 0 aliphatic carbocycles. The molecule has 0 spiro atoms. The molecule has 2 heterocycles. The quantitative estimate of drug-likeness (QED) is 0.723. The molecule has 1 aromatic carbocycles. The molecule has 26 heavy (non-hydrogen) atoms. The number of aryl methyl sites for hydroxylation is 1. The third kappa shape index (κ3) is 4.76. The molecule has 1 saturated heterocycles. The Morgan fingerprint density at radius 2 is 1.92 bits per heavy atom. The molecule has 1 N–H and O–H groups in total. The standard InChI is InChI=1S/C19H26N4OS2/c1-4-15-8-10-16(11-9-15)20-18-21-22-19(26-18)25-12-17(24)23-13(2)6-5-7-14(23)3/h8-11,13-14H,4-7,12H2,1-3H3,(H,20,21)/t13-,14+. The molecule has 1 amide bonds. The minimum absolute atomic E-state index is 0.203. The Morgan fingerprint density at radius 1 is 1.23 bits per heavy atom. The molecule has 0 saturated carbocycles. The summed E-state index contributed by atoms with van der Waals surface area (Å²) < 4.78 is 0.823. The van der Waals surface area contributed by atoms with Gasteiger partial charge < -0.3 is 10.2 Å². The van der Waals surface area contributed by atoms with E-state index < -0.39 is 0 Å². The van der Waals surface area contributed by atoms with Gasteiger partial charge in [0.15, 0.2) is 4.34 Å². The average molecular weight is 391 g/mol. The molecule has 5 nitrogen and oxygen atoms in total. The first kappa shape index (κ1) is 19.2. The zero-order chi connectivity index (χ0) is 18.5. The number of hydrogen-bond acceptors (Lipinski definition) is 6. The van der Waals surface area contributed by atoms with Gasteiger partial charge in [-0.1, -0.05) is 42.2 Å². The Bertz CT molecular complexity index is 721. The smallest absolute Gasteiger partial charge is 0.233 e. The molecule has 1 aliphatic rings. The highest BCUT2D eigenvalue weighted by Crippen LogP contribution is 2.29. The van der Waals surface area contributed by atoms with E-state index in [2.05, 4.69) is 60.6 Å². The average Bonchev–Trinajstić information content (AvgIpc) is 3.08. The number of rotatable bonds is 6. The van der Waals surface area contributed by atoms with Crippen molar-refractivity contribution in [3.05, 3.63) is 29.8 Å². The molecule has 0 radical (unpaired) electrons. The Balaban J connectivity index is 1.53. The van der Waals surface area contributed by atoms with Crippen LogP contribution in [0, 0.1) is 0 Å². The van der Waals surface area contributed by atoms with Crippen molar-refractivity contribution in [2.75, 3.05) is 11.1 Å². The first-order valence-corrected chi connectivity index (χ1v) is 11.0. The topological polar surface area (TPSA) is 58.1 Å². The van der Waals surface area contributed by atoms with Crippen molar-refractivity contribution in [2.45, 2.75) is 62.9 Å². The van der Waals surface area contributed by atoms with E-state index in [1.807, 2.05) is 4.90 Å². The van der Waals surface area contributed by atoms with Gasteiger partial charge in [-0.15, -0.1) is 10.2 Å². The van der Waals surface area contributed by atoms with Crippen LogP contribution >= 0.6 is 23.1 Å². The van der Waals surface area contributed by atoms with Crippen molar-refractivity contribution in [3.8, 4) is 0 Å². The first-order valence-electron chi connectivity index (χ1n) is 9.20. The number of aromatic nitrogens is 2. The molecule has 1 aliphatic heterocycles. The van der Waals surface area contributed by atoms with Crippen LogP contribution in [0.5, 0.6) is 0 Å². The van der Waals surface area contributed by atoms with E-state index in [4.69, 9.17) is 0 Å². The molecular formula is C19H26N4OS2. The second-order valence-electron chi connectivity index (χ2n) is 6.77. The minimum Gasteiger partial charge on any atom is -0.337 e. The zero-order valence-electron chi connectivity index (χ0n) is 15.6. The van der Waals surface area contributed by atoms with E-state index in [0.29, 0.717) is 17.8 Å². The summed E-state index contributed by atoms with van der Waals surface area (Å²) in [7, 11) is 0. The van der Waals surface area contributed by atoms with Crippen LogP contribution in [-0.4, -0.2) is 38.8 Å². The van der Waals surface area contributed by atoms with Gasteiger partial charge in [0.25, 0.3) is 0 Å². The predicted molar refractivity (Wildman–Crippen MR) is 109 cm³/mol. The maximum Gasteiger partial charge on any atom is 0.233 e. The van der Waals surface area contributed by atoms with Crippen molar-refractivity contribution >= 4 is 39.8 Å². The van der Waals surface area contributed by atoms with E-state index in [-0.39, 0.29) is 5.91 Å². The second kappa shape index (κ2) is 8.86. The molecular weight excluding hydrogens is 364 g/mol. The lowest BCUT2D eigenvalue weighted by molar-refractivity contribution is -0.134. The fraction of sp³-hybridized carbons (Fsp3) is 0.526. The number of thioether (sulfide) groups is 1. The number of nitrogens with one attached hydrogen (secondary N) is 1. The van der Waals surface area contributed by atoms with Gasteiger partial charge >= 0.3 is 0 Å². The first-order chi connectivity index (χ1) is 12.6. The maximum absolute atomic E-state index is 12.6. The van der Waals surface area contributed by atoms with E-state index >= 15 is 0 Å². The van der Waals surface area contributed by atoms with Crippen LogP contribution in [0.2, 0.25) is 0 Å². The number of likely N-dealkylation sites (tertiary alicyclic amines) is 1. The lowest BCUT2D eigenvalue weighted by Crippen LogP contribution is -2.48. The summed E-state index contributed by atoms with van der Waals surface area (Å²) in [4.78, 5) is 14.6. The molecule has 1 aromatic heterocycles. The number of benzene rings is 1. The lowest BCUT2D eigenvalue weighted by atomic mass is 9.98. The largest absolute Gasteiger partial charge is 0.337 e. The number of carbonyl (C=O) groups excluding carboxylic acids is 1. The van der Waals surface area contributed by atoms with Crippen LogP contribution in [0.15, 0.2) is 28.6 Å². The van der Waals surface area contributed by atoms with Crippen molar-refractivity contribution in [2.24, 2.45) is 0 Å². The summed E-state index contributed by atoms with van der Waals surface area (Å²) in [5.41, 5.74) is 2.31. The van der Waals surface area contributed by atoms with E-state index in [9.17, 15) is 4.79 Å². The number of nitrogens with zero attached hydrogens (tertiary/aromatic N) is 3. The van der Waals surface area contributed by atoms with E-state index in [1.54, 1.807) is 0 Å². The Kier molecular flexibility index (Phi) is 6.53. The number of amides is 1. The fourth-order valence-corrected chi connectivity index (χ4v) is 5.02. The lowest BCUT2D eigenvalue weighted by Gasteiger charge is -2.39. The number of hydrogen-bond donors (Lipinski definition) is 1. The van der Waals surface area contributed by atoms with Crippen molar-refractivity contribution in [3.63, 3.8) is 0 Å². The summed E-state index contributed by atoms with van der Waals surface area (Å²) in [6.45, 7) is 6.44. The fourth-order valence-electron chi connectivity index (χ4n) is 3.38. The van der Waals surface area contributed by atoms with E-state index in [1.165, 1.54) is 35.1 Å². The van der Waals surface area contributed by atoms with Crippen LogP contribution in [-0.2, 0) is 11.2 Å². The summed E-state index contributed by atoms with van der Waals surface area (Å²) in [6, 6.07) is 9.00. The molecule has 1 fully saturated rings. The zero-order valence-corrected chi connectivity index (χ0v) is 17.2. The Hall–Kier alpha value is -1.60. The van der Waals surface area contributed by atoms with E-state index in [0.717, 1.165) is 34.4 Å². The normalized spacial score (nSPS) is 20.2. The van der Waals surface area contributed by atoms with Gasteiger partial charge in [0.2, 0.25) is 11.0 Å². The molecule has 7 heteroatoms. The van der Waals surface area contributed by atoms with Gasteiger partial charge in [-0.3, -0.25) is 4.79 Å². The summed E-state index contributed by atoms with van der Waals surface area (Å²) in [5.74, 6) is 0.628. The third-order valence-electron chi connectivity index (χ3n) is 4.82. The van der Waals surface area contributed by atoms with Gasteiger partial charge in [-0.2, -0.15) is 0 Å². The Morgan fingerprint density at radius 3 is 2.58 bits per heavy atom. The molecule has 0 unspecified atom stereocenters. The van der Waals surface area contributed by atoms with Gasteiger partial charge in [-0.25, -0.2) is 0 Å². The number of piperidine rings is 1. The van der Waals surface area contributed by atoms with Crippen LogP contribution in [0.25, 0.3) is 0 Å². The van der Waals surface area contributed by atoms with Crippen LogP contribution in [0.4, 0.5) is 10.8 Å². The molecule has 3 rings (SSSR count). The second-order valence-corrected chi connectivity index (χ2v) is 8.97. The molecule has 2 atom stereocenters. The molecule has 2 aromatic rings. The SMILES string of the molecule is CCc1ccc(Nc2nnc(SCC(=O)N3[C@H](C)CCC[C@@H]3C)s2)cc1. The van der Waals surface area contributed by atoms with Gasteiger partial charge in [0.1, 0.15) is 0 Å². The van der Waals surface area contributed by atoms with Gasteiger partial charge in [0.05, 0.1) is 5.75 Å². The van der Waals surface area contributed by atoms with Crippen molar-refractivity contribution in [1.29, 1.82) is 0 Å². The van der Waals surface area contributed by atoms with Crippen LogP contribution in [0.3, 0.4) is 0 Å².